The number of hydrogen-bond donors (Lipinski definition) is 2. The number of rotatable bonds is 6. The first-order valence-electron chi connectivity index (χ1n) is 10.5. The molecule has 0 radical (unpaired) electrons. The Hall–Kier alpha value is -3.39. The predicted molar refractivity (Wildman–Crippen MR) is 120 cm³/mol. The maximum absolute atomic E-state index is 12.2. The molecule has 31 heavy (non-hydrogen) atoms. The lowest BCUT2D eigenvalue weighted by molar-refractivity contribution is -0.00546. The predicted octanol–water partition coefficient (Wildman–Crippen LogP) is 3.26. The van der Waals surface area contributed by atoms with E-state index in [0.717, 1.165) is 42.3 Å². The van der Waals surface area contributed by atoms with Crippen molar-refractivity contribution in [2.75, 3.05) is 23.3 Å². The number of carbonyl (C=O) groups excluding carboxylic acids is 1. The van der Waals surface area contributed by atoms with Crippen LogP contribution in [0, 0.1) is 0 Å². The Labute approximate surface area is 182 Å². The van der Waals surface area contributed by atoms with E-state index in [4.69, 9.17) is 4.74 Å². The zero-order valence-electron chi connectivity index (χ0n) is 17.9. The minimum absolute atomic E-state index is 0.190. The molecule has 8 nitrogen and oxygen atoms in total. The van der Waals surface area contributed by atoms with Gasteiger partial charge in [-0.05, 0) is 43.2 Å². The van der Waals surface area contributed by atoms with Crippen LogP contribution in [0.3, 0.4) is 0 Å². The number of pyridine rings is 1. The second kappa shape index (κ2) is 9.61. The number of benzene rings is 1. The van der Waals surface area contributed by atoms with Gasteiger partial charge in [-0.15, -0.1) is 0 Å². The quantitative estimate of drug-likeness (QED) is 0.639. The van der Waals surface area contributed by atoms with E-state index in [0.29, 0.717) is 6.54 Å². The standard InChI is InChI=1S/C23H28N6O2/c1-17-13-29(14-18(2)31-17)22-8-5-20(11-25-22)12-26-23(30)27-21-6-3-19(4-7-21)15-28-10-9-24-16-28/h3-11,16-18H,12-15H2,1-2H3,(H2,26,27,30). The van der Waals surface area contributed by atoms with E-state index in [1.807, 2.05) is 53.4 Å². The largest absolute Gasteiger partial charge is 0.372 e. The molecule has 3 heterocycles. The monoisotopic (exact) mass is 420 g/mol. The zero-order chi connectivity index (χ0) is 21.6. The molecule has 1 aliphatic rings. The molecular formula is C23H28N6O2. The van der Waals surface area contributed by atoms with E-state index in [-0.39, 0.29) is 18.2 Å². The Morgan fingerprint density at radius 3 is 2.48 bits per heavy atom. The van der Waals surface area contributed by atoms with Crippen molar-refractivity contribution >= 4 is 17.5 Å². The minimum atomic E-state index is -0.248. The van der Waals surface area contributed by atoms with E-state index < -0.39 is 0 Å². The lowest BCUT2D eigenvalue weighted by Gasteiger charge is -2.36. The van der Waals surface area contributed by atoms with Crippen LogP contribution in [0.1, 0.15) is 25.0 Å². The fourth-order valence-corrected chi connectivity index (χ4v) is 3.72. The minimum Gasteiger partial charge on any atom is -0.372 e. The van der Waals surface area contributed by atoms with Crippen molar-refractivity contribution in [3.63, 3.8) is 0 Å². The van der Waals surface area contributed by atoms with Gasteiger partial charge < -0.3 is 24.8 Å². The summed E-state index contributed by atoms with van der Waals surface area (Å²) in [4.78, 5) is 23.1. The zero-order valence-corrected chi connectivity index (χ0v) is 17.9. The molecule has 0 spiro atoms. The van der Waals surface area contributed by atoms with E-state index in [1.54, 1.807) is 12.5 Å². The molecule has 2 atom stereocenters. The number of carbonyl (C=O) groups is 1. The van der Waals surface area contributed by atoms with Gasteiger partial charge in [-0.3, -0.25) is 0 Å². The summed E-state index contributed by atoms with van der Waals surface area (Å²) in [6, 6.07) is 11.5. The summed E-state index contributed by atoms with van der Waals surface area (Å²) < 4.78 is 7.77. The number of urea groups is 1. The van der Waals surface area contributed by atoms with Crippen molar-refractivity contribution in [1.82, 2.24) is 19.9 Å². The summed E-state index contributed by atoms with van der Waals surface area (Å²) in [5.74, 6) is 0.936. The van der Waals surface area contributed by atoms with Gasteiger partial charge >= 0.3 is 6.03 Å². The van der Waals surface area contributed by atoms with Gasteiger partial charge in [-0.2, -0.15) is 0 Å². The van der Waals surface area contributed by atoms with Crippen LogP contribution in [-0.4, -0.2) is 45.9 Å². The van der Waals surface area contributed by atoms with Gasteiger partial charge in [0.05, 0.1) is 18.5 Å². The van der Waals surface area contributed by atoms with Crippen LogP contribution in [-0.2, 0) is 17.8 Å². The van der Waals surface area contributed by atoms with Crippen LogP contribution < -0.4 is 15.5 Å². The summed E-state index contributed by atoms with van der Waals surface area (Å²) in [6.45, 7) is 6.97. The Bertz CT molecular complexity index is 962. The number of imidazole rings is 1. The Morgan fingerprint density at radius 1 is 1.10 bits per heavy atom. The third-order valence-corrected chi connectivity index (χ3v) is 5.14. The first kappa shape index (κ1) is 20.9. The maximum atomic E-state index is 12.2. The molecule has 2 amide bonds. The van der Waals surface area contributed by atoms with Crippen LogP contribution in [0.2, 0.25) is 0 Å². The lowest BCUT2D eigenvalue weighted by atomic mass is 10.2. The van der Waals surface area contributed by atoms with Crippen molar-refractivity contribution < 1.29 is 9.53 Å². The second-order valence-corrected chi connectivity index (χ2v) is 7.93. The number of morpholine rings is 1. The Kier molecular flexibility index (Phi) is 6.47. The van der Waals surface area contributed by atoms with Gasteiger partial charge in [0.25, 0.3) is 0 Å². The summed E-state index contributed by atoms with van der Waals surface area (Å²) in [6.07, 6.45) is 7.65. The molecule has 2 N–H and O–H groups in total. The van der Waals surface area contributed by atoms with Crippen molar-refractivity contribution in [1.29, 1.82) is 0 Å². The average molecular weight is 421 g/mol. The molecule has 0 saturated carbocycles. The van der Waals surface area contributed by atoms with Crippen molar-refractivity contribution in [3.05, 3.63) is 72.4 Å². The van der Waals surface area contributed by atoms with E-state index in [2.05, 4.69) is 39.3 Å². The Morgan fingerprint density at radius 2 is 1.84 bits per heavy atom. The summed E-state index contributed by atoms with van der Waals surface area (Å²) >= 11 is 0. The van der Waals surface area contributed by atoms with Gasteiger partial charge in [-0.1, -0.05) is 18.2 Å². The van der Waals surface area contributed by atoms with Crippen LogP contribution in [0.5, 0.6) is 0 Å². The van der Waals surface area contributed by atoms with Crippen LogP contribution >= 0.6 is 0 Å². The van der Waals surface area contributed by atoms with Gasteiger partial charge in [0.1, 0.15) is 5.82 Å². The number of nitrogens with zero attached hydrogens (tertiary/aromatic N) is 4. The van der Waals surface area contributed by atoms with Crippen LogP contribution in [0.4, 0.5) is 16.3 Å². The van der Waals surface area contributed by atoms with E-state index in [1.165, 1.54) is 0 Å². The normalized spacial score (nSPS) is 18.6. The number of ether oxygens (including phenoxy) is 1. The molecule has 1 fully saturated rings. The highest BCUT2D eigenvalue weighted by Gasteiger charge is 2.22. The van der Waals surface area contributed by atoms with Crippen LogP contribution in [0.25, 0.3) is 0 Å². The third-order valence-electron chi connectivity index (χ3n) is 5.14. The highest BCUT2D eigenvalue weighted by molar-refractivity contribution is 5.89. The third kappa shape index (κ3) is 5.82. The van der Waals surface area contributed by atoms with Gasteiger partial charge in [0.15, 0.2) is 0 Å². The summed E-state index contributed by atoms with van der Waals surface area (Å²) in [5.41, 5.74) is 2.83. The van der Waals surface area contributed by atoms with E-state index >= 15 is 0 Å². The maximum Gasteiger partial charge on any atom is 0.319 e. The fraction of sp³-hybridized carbons (Fsp3) is 0.348. The lowest BCUT2D eigenvalue weighted by Crippen LogP contribution is -2.45. The molecule has 0 aliphatic carbocycles. The summed E-state index contributed by atoms with van der Waals surface area (Å²) in [7, 11) is 0. The number of amides is 2. The average Bonchev–Trinajstić information content (AvgIpc) is 3.26. The Balaban J connectivity index is 1.25. The number of hydrogen-bond acceptors (Lipinski definition) is 5. The molecule has 8 heteroatoms. The first-order valence-corrected chi connectivity index (χ1v) is 10.5. The molecule has 0 bridgehead atoms. The first-order chi connectivity index (χ1) is 15.0. The SMILES string of the molecule is CC1CN(c2ccc(CNC(=O)Nc3ccc(Cn4ccnc4)cc3)cn2)CC(C)O1. The molecule has 1 saturated heterocycles. The molecular weight excluding hydrogens is 392 g/mol. The molecule has 3 aromatic rings. The number of anilines is 2. The highest BCUT2D eigenvalue weighted by atomic mass is 16.5. The second-order valence-electron chi connectivity index (χ2n) is 7.93. The topological polar surface area (TPSA) is 84.3 Å². The van der Waals surface area contributed by atoms with Crippen molar-refractivity contribution in [3.8, 4) is 0 Å². The van der Waals surface area contributed by atoms with Crippen molar-refractivity contribution in [2.24, 2.45) is 0 Å². The van der Waals surface area contributed by atoms with Gasteiger partial charge in [0.2, 0.25) is 0 Å². The van der Waals surface area contributed by atoms with Crippen LogP contribution in [0.15, 0.2) is 61.3 Å². The molecule has 4 rings (SSSR count). The molecule has 1 aromatic carbocycles. The molecule has 2 aromatic heterocycles. The van der Waals surface area contributed by atoms with E-state index in [9.17, 15) is 4.79 Å². The summed E-state index contributed by atoms with van der Waals surface area (Å²) in [5, 5.41) is 5.73. The molecule has 162 valence electrons. The van der Waals surface area contributed by atoms with Gasteiger partial charge in [-0.25, -0.2) is 14.8 Å². The number of nitrogens with one attached hydrogen (secondary N) is 2. The molecule has 1 aliphatic heterocycles. The smallest absolute Gasteiger partial charge is 0.319 e. The van der Waals surface area contributed by atoms with Crippen molar-refractivity contribution in [2.45, 2.75) is 39.1 Å². The highest BCUT2D eigenvalue weighted by Crippen LogP contribution is 2.18. The van der Waals surface area contributed by atoms with Gasteiger partial charge in [0, 0.05) is 50.5 Å². The molecule has 2 unspecified atom stereocenters. The number of aromatic nitrogens is 3. The fourth-order valence-electron chi connectivity index (χ4n) is 3.72.